The SMILES string of the molecule is CNc1ccc([N+](=O)[O-])cc1C(=O)N(C)CC(C)O. The number of nitro groups is 1. The summed E-state index contributed by atoms with van der Waals surface area (Å²) >= 11 is 0. The fourth-order valence-corrected chi connectivity index (χ4v) is 1.73. The van der Waals surface area contributed by atoms with Gasteiger partial charge < -0.3 is 15.3 Å². The van der Waals surface area contributed by atoms with E-state index >= 15 is 0 Å². The zero-order valence-electron chi connectivity index (χ0n) is 11.1. The van der Waals surface area contributed by atoms with Gasteiger partial charge in [0.1, 0.15) is 0 Å². The molecule has 1 aromatic carbocycles. The van der Waals surface area contributed by atoms with Crippen LogP contribution in [0, 0.1) is 10.1 Å². The van der Waals surface area contributed by atoms with Crippen molar-refractivity contribution in [3.63, 3.8) is 0 Å². The highest BCUT2D eigenvalue weighted by Crippen LogP contribution is 2.23. The van der Waals surface area contributed by atoms with Crippen LogP contribution in [0.1, 0.15) is 17.3 Å². The summed E-state index contributed by atoms with van der Waals surface area (Å²) in [7, 11) is 3.17. The van der Waals surface area contributed by atoms with Gasteiger partial charge >= 0.3 is 0 Å². The van der Waals surface area contributed by atoms with Crippen molar-refractivity contribution in [2.24, 2.45) is 0 Å². The van der Waals surface area contributed by atoms with Crippen LogP contribution in [-0.4, -0.2) is 47.6 Å². The molecule has 0 aliphatic carbocycles. The highest BCUT2D eigenvalue weighted by molar-refractivity contribution is 6.00. The number of rotatable bonds is 5. The third kappa shape index (κ3) is 3.65. The molecule has 1 aromatic rings. The van der Waals surface area contributed by atoms with Crippen LogP contribution in [0.3, 0.4) is 0 Å². The van der Waals surface area contributed by atoms with Crippen molar-refractivity contribution in [3.8, 4) is 0 Å². The first-order chi connectivity index (χ1) is 8.86. The number of benzene rings is 1. The van der Waals surface area contributed by atoms with E-state index in [0.29, 0.717) is 5.69 Å². The Kier molecular flexibility index (Phi) is 4.82. The lowest BCUT2D eigenvalue weighted by molar-refractivity contribution is -0.384. The predicted octanol–water partition coefficient (Wildman–Crippen LogP) is 1.09. The first-order valence-electron chi connectivity index (χ1n) is 5.76. The van der Waals surface area contributed by atoms with Gasteiger partial charge in [-0.05, 0) is 13.0 Å². The molecule has 0 saturated carbocycles. The minimum atomic E-state index is -0.661. The maximum absolute atomic E-state index is 12.2. The molecule has 0 heterocycles. The van der Waals surface area contributed by atoms with E-state index in [2.05, 4.69) is 5.32 Å². The lowest BCUT2D eigenvalue weighted by Gasteiger charge is -2.20. The number of aliphatic hydroxyl groups is 1. The van der Waals surface area contributed by atoms with E-state index in [1.807, 2.05) is 0 Å². The maximum atomic E-state index is 12.2. The molecule has 19 heavy (non-hydrogen) atoms. The molecule has 7 nitrogen and oxygen atoms in total. The monoisotopic (exact) mass is 267 g/mol. The Balaban J connectivity index is 3.12. The number of nitro benzene ring substituents is 1. The van der Waals surface area contributed by atoms with Gasteiger partial charge in [-0.1, -0.05) is 0 Å². The molecule has 0 saturated heterocycles. The standard InChI is InChI=1S/C12H17N3O4/c1-8(16)7-14(3)12(17)10-6-9(15(18)19)4-5-11(10)13-2/h4-6,8,13,16H,7H2,1-3H3. The van der Waals surface area contributed by atoms with Gasteiger partial charge in [-0.15, -0.1) is 0 Å². The van der Waals surface area contributed by atoms with Crippen molar-refractivity contribution in [1.82, 2.24) is 4.90 Å². The van der Waals surface area contributed by atoms with E-state index in [1.54, 1.807) is 14.0 Å². The third-order valence-corrected chi connectivity index (χ3v) is 2.60. The normalized spacial score (nSPS) is 11.8. The van der Waals surface area contributed by atoms with Crippen LogP contribution in [0.2, 0.25) is 0 Å². The lowest BCUT2D eigenvalue weighted by atomic mass is 10.1. The van der Waals surface area contributed by atoms with Gasteiger partial charge in [-0.3, -0.25) is 14.9 Å². The van der Waals surface area contributed by atoms with Gasteiger partial charge in [0, 0.05) is 38.5 Å². The van der Waals surface area contributed by atoms with Crippen LogP contribution >= 0.6 is 0 Å². The van der Waals surface area contributed by atoms with Crippen molar-refractivity contribution >= 4 is 17.3 Å². The second-order valence-corrected chi connectivity index (χ2v) is 4.27. The van der Waals surface area contributed by atoms with Gasteiger partial charge in [0.25, 0.3) is 11.6 Å². The molecule has 104 valence electrons. The fraction of sp³-hybridized carbons (Fsp3) is 0.417. The van der Waals surface area contributed by atoms with Gasteiger partial charge in [-0.25, -0.2) is 0 Å². The van der Waals surface area contributed by atoms with Crippen LogP contribution < -0.4 is 5.32 Å². The Bertz CT molecular complexity index is 488. The molecule has 0 bridgehead atoms. The highest BCUT2D eigenvalue weighted by Gasteiger charge is 2.20. The molecule has 1 atom stereocenters. The highest BCUT2D eigenvalue weighted by atomic mass is 16.6. The largest absolute Gasteiger partial charge is 0.392 e. The Hall–Kier alpha value is -2.15. The first kappa shape index (κ1) is 14.9. The zero-order chi connectivity index (χ0) is 14.6. The van der Waals surface area contributed by atoms with Crippen molar-refractivity contribution < 1.29 is 14.8 Å². The zero-order valence-corrected chi connectivity index (χ0v) is 11.1. The van der Waals surface area contributed by atoms with E-state index in [9.17, 15) is 20.0 Å². The molecule has 1 unspecified atom stereocenters. The van der Waals surface area contributed by atoms with Crippen LogP contribution in [0.4, 0.5) is 11.4 Å². The fourth-order valence-electron chi connectivity index (χ4n) is 1.73. The Labute approximate surface area is 111 Å². The first-order valence-corrected chi connectivity index (χ1v) is 5.76. The van der Waals surface area contributed by atoms with Crippen LogP contribution in [-0.2, 0) is 0 Å². The molecule has 0 aliphatic rings. The topological polar surface area (TPSA) is 95.7 Å². The van der Waals surface area contributed by atoms with Crippen LogP contribution in [0.5, 0.6) is 0 Å². The summed E-state index contributed by atoms with van der Waals surface area (Å²) in [6, 6.07) is 4.05. The smallest absolute Gasteiger partial charge is 0.270 e. The van der Waals surface area contributed by atoms with Crippen molar-refractivity contribution in [3.05, 3.63) is 33.9 Å². The summed E-state index contributed by atoms with van der Waals surface area (Å²) in [5.74, 6) is -0.381. The molecular formula is C12H17N3O4. The van der Waals surface area contributed by atoms with E-state index in [1.165, 1.54) is 30.1 Å². The summed E-state index contributed by atoms with van der Waals surface area (Å²) < 4.78 is 0. The molecule has 0 aromatic heterocycles. The average molecular weight is 267 g/mol. The number of carbonyl (C=O) groups is 1. The second kappa shape index (κ2) is 6.14. The van der Waals surface area contributed by atoms with Gasteiger partial charge in [0.15, 0.2) is 0 Å². The number of non-ortho nitro benzene ring substituents is 1. The van der Waals surface area contributed by atoms with E-state index in [4.69, 9.17) is 0 Å². The molecule has 0 spiro atoms. The number of anilines is 1. The molecule has 1 rings (SSSR count). The van der Waals surface area contributed by atoms with E-state index in [0.717, 1.165) is 0 Å². The van der Waals surface area contributed by atoms with E-state index < -0.39 is 11.0 Å². The van der Waals surface area contributed by atoms with Gasteiger partial charge in [0.05, 0.1) is 16.6 Å². The number of hydrogen-bond acceptors (Lipinski definition) is 5. The van der Waals surface area contributed by atoms with E-state index in [-0.39, 0.29) is 23.7 Å². The maximum Gasteiger partial charge on any atom is 0.270 e. The third-order valence-electron chi connectivity index (χ3n) is 2.60. The van der Waals surface area contributed by atoms with Crippen molar-refractivity contribution in [1.29, 1.82) is 0 Å². The van der Waals surface area contributed by atoms with Crippen molar-refractivity contribution in [2.45, 2.75) is 13.0 Å². The molecule has 0 radical (unpaired) electrons. The molecule has 1 amide bonds. The number of likely N-dealkylation sites (N-methyl/N-ethyl adjacent to an activating group) is 1. The van der Waals surface area contributed by atoms with Gasteiger partial charge in [-0.2, -0.15) is 0 Å². The number of carbonyl (C=O) groups excluding carboxylic acids is 1. The molecule has 0 aliphatic heterocycles. The molecule has 0 fully saturated rings. The predicted molar refractivity (Wildman–Crippen MR) is 71.3 cm³/mol. The summed E-state index contributed by atoms with van der Waals surface area (Å²) in [6.07, 6.45) is -0.661. The number of hydrogen-bond donors (Lipinski definition) is 2. The quantitative estimate of drug-likeness (QED) is 0.615. The second-order valence-electron chi connectivity index (χ2n) is 4.27. The number of aliphatic hydroxyl groups excluding tert-OH is 1. The average Bonchev–Trinajstić information content (AvgIpc) is 2.36. The lowest BCUT2D eigenvalue weighted by Crippen LogP contribution is -2.33. The summed E-state index contributed by atoms with van der Waals surface area (Å²) in [6.45, 7) is 1.72. The summed E-state index contributed by atoms with van der Waals surface area (Å²) in [5.41, 5.74) is 0.570. The molecule has 7 heteroatoms. The number of amides is 1. The summed E-state index contributed by atoms with van der Waals surface area (Å²) in [5, 5.41) is 22.8. The number of nitrogens with one attached hydrogen (secondary N) is 1. The molecular weight excluding hydrogens is 250 g/mol. The summed E-state index contributed by atoms with van der Waals surface area (Å²) in [4.78, 5) is 23.7. The van der Waals surface area contributed by atoms with Crippen LogP contribution in [0.25, 0.3) is 0 Å². The molecule has 2 N–H and O–H groups in total. The Morgan fingerprint density at radius 1 is 1.58 bits per heavy atom. The number of nitrogens with zero attached hydrogens (tertiary/aromatic N) is 2. The van der Waals surface area contributed by atoms with Gasteiger partial charge in [0.2, 0.25) is 0 Å². The Morgan fingerprint density at radius 2 is 2.21 bits per heavy atom. The Morgan fingerprint density at radius 3 is 2.68 bits per heavy atom. The minimum Gasteiger partial charge on any atom is -0.392 e. The minimum absolute atomic E-state index is 0.146. The van der Waals surface area contributed by atoms with Crippen molar-refractivity contribution in [2.75, 3.05) is 26.0 Å². The van der Waals surface area contributed by atoms with Crippen LogP contribution in [0.15, 0.2) is 18.2 Å².